The average Bonchev–Trinajstić information content (AvgIpc) is 3.04. The van der Waals surface area contributed by atoms with Gasteiger partial charge in [-0.05, 0) is 49.9 Å². The van der Waals surface area contributed by atoms with Gasteiger partial charge in [-0.1, -0.05) is 12.1 Å². The van der Waals surface area contributed by atoms with Gasteiger partial charge in [-0.15, -0.1) is 0 Å². The van der Waals surface area contributed by atoms with Crippen molar-refractivity contribution >= 4 is 11.8 Å². The van der Waals surface area contributed by atoms with E-state index in [1.54, 1.807) is 12.1 Å². The highest BCUT2D eigenvalue weighted by Crippen LogP contribution is 2.39. The number of amides is 2. The van der Waals surface area contributed by atoms with Crippen molar-refractivity contribution in [3.05, 3.63) is 35.4 Å². The van der Waals surface area contributed by atoms with Crippen molar-refractivity contribution in [3.63, 3.8) is 0 Å². The zero-order valence-electron chi connectivity index (χ0n) is 10.6. The first-order valence-corrected chi connectivity index (χ1v) is 6.93. The molecule has 1 aromatic rings. The highest BCUT2D eigenvalue weighted by Gasteiger charge is 2.46. The summed E-state index contributed by atoms with van der Waals surface area (Å²) in [5.74, 6) is 1.07. The molecule has 1 N–H and O–H groups in total. The Morgan fingerprint density at radius 1 is 0.947 bits per heavy atom. The molecule has 4 nitrogen and oxygen atoms in total. The zero-order valence-corrected chi connectivity index (χ0v) is 10.6. The first-order chi connectivity index (χ1) is 9.25. The molecule has 2 fully saturated rings. The Balaban J connectivity index is 1.64. The van der Waals surface area contributed by atoms with Crippen LogP contribution in [0.2, 0.25) is 0 Å². The average molecular weight is 256 g/mol. The molecule has 1 saturated heterocycles. The summed E-state index contributed by atoms with van der Waals surface area (Å²) in [5, 5.41) is 3.39. The van der Waals surface area contributed by atoms with Crippen LogP contribution < -0.4 is 5.32 Å². The summed E-state index contributed by atoms with van der Waals surface area (Å²) in [7, 11) is 0. The summed E-state index contributed by atoms with van der Waals surface area (Å²) in [6.07, 6.45) is 1.92. The lowest BCUT2D eigenvalue weighted by atomic mass is 10.0. The maximum Gasteiger partial charge on any atom is 0.261 e. The second-order valence-corrected chi connectivity index (χ2v) is 5.83. The summed E-state index contributed by atoms with van der Waals surface area (Å²) in [5.41, 5.74) is 1.14. The minimum atomic E-state index is -0.0986. The number of rotatable bonds is 1. The van der Waals surface area contributed by atoms with Gasteiger partial charge in [0.05, 0.1) is 11.1 Å². The number of imide groups is 1. The number of benzene rings is 1. The molecule has 4 rings (SSSR count). The monoisotopic (exact) mass is 256 g/mol. The van der Waals surface area contributed by atoms with Crippen LogP contribution in [-0.4, -0.2) is 35.8 Å². The molecule has 1 saturated carbocycles. The normalized spacial score (nSPS) is 32.8. The Morgan fingerprint density at radius 2 is 1.47 bits per heavy atom. The van der Waals surface area contributed by atoms with E-state index >= 15 is 0 Å². The van der Waals surface area contributed by atoms with E-state index in [0.717, 1.165) is 25.9 Å². The molecule has 4 heteroatoms. The molecule has 0 unspecified atom stereocenters. The summed E-state index contributed by atoms with van der Waals surface area (Å²) >= 11 is 0. The molecule has 2 amide bonds. The van der Waals surface area contributed by atoms with Gasteiger partial charge in [0, 0.05) is 6.04 Å². The molecular formula is C15H16N2O2. The maximum absolute atomic E-state index is 12.4. The van der Waals surface area contributed by atoms with Gasteiger partial charge >= 0.3 is 0 Å². The largest absolute Gasteiger partial charge is 0.316 e. The third-order valence-corrected chi connectivity index (χ3v) is 4.82. The van der Waals surface area contributed by atoms with Crippen molar-refractivity contribution in [1.29, 1.82) is 0 Å². The van der Waals surface area contributed by atoms with E-state index < -0.39 is 0 Å². The predicted molar refractivity (Wildman–Crippen MR) is 69.8 cm³/mol. The quantitative estimate of drug-likeness (QED) is 0.770. The molecule has 3 atom stereocenters. The molecule has 2 heterocycles. The lowest BCUT2D eigenvalue weighted by Gasteiger charge is -2.22. The molecule has 0 bridgehead atoms. The van der Waals surface area contributed by atoms with Gasteiger partial charge in [-0.25, -0.2) is 0 Å². The number of nitrogens with one attached hydrogen (secondary N) is 1. The lowest BCUT2D eigenvalue weighted by Crippen LogP contribution is -2.39. The number of carbonyl (C=O) groups excluding carboxylic acids is 2. The zero-order chi connectivity index (χ0) is 13.0. The molecule has 0 aromatic heterocycles. The Bertz CT molecular complexity index is 522. The van der Waals surface area contributed by atoms with E-state index in [-0.39, 0.29) is 17.9 Å². The van der Waals surface area contributed by atoms with E-state index in [0.29, 0.717) is 23.0 Å². The van der Waals surface area contributed by atoms with Crippen LogP contribution in [0.25, 0.3) is 0 Å². The van der Waals surface area contributed by atoms with Crippen LogP contribution in [0, 0.1) is 11.8 Å². The fourth-order valence-electron chi connectivity index (χ4n) is 3.88. The van der Waals surface area contributed by atoms with Crippen LogP contribution in [0.4, 0.5) is 0 Å². The van der Waals surface area contributed by atoms with Crippen LogP contribution in [0.15, 0.2) is 24.3 Å². The Labute approximate surface area is 111 Å². The minimum absolute atomic E-state index is 0.0986. The molecule has 3 aliphatic rings. The second kappa shape index (κ2) is 3.90. The highest BCUT2D eigenvalue weighted by atomic mass is 16.2. The molecule has 0 radical (unpaired) electrons. The van der Waals surface area contributed by atoms with Crippen LogP contribution in [0.1, 0.15) is 33.6 Å². The lowest BCUT2D eigenvalue weighted by molar-refractivity contribution is 0.0582. The van der Waals surface area contributed by atoms with E-state index in [4.69, 9.17) is 0 Å². The number of nitrogens with zero attached hydrogens (tertiary/aromatic N) is 1. The Kier molecular flexibility index (Phi) is 2.30. The third-order valence-electron chi connectivity index (χ3n) is 4.82. The Morgan fingerprint density at radius 3 is 2.00 bits per heavy atom. The maximum atomic E-state index is 12.4. The van der Waals surface area contributed by atoms with Crippen molar-refractivity contribution in [2.24, 2.45) is 11.8 Å². The van der Waals surface area contributed by atoms with Crippen molar-refractivity contribution in [2.45, 2.75) is 18.9 Å². The molecule has 0 spiro atoms. The molecule has 1 aromatic carbocycles. The molecule has 98 valence electrons. The van der Waals surface area contributed by atoms with Crippen molar-refractivity contribution in [1.82, 2.24) is 10.2 Å². The Hall–Kier alpha value is -1.68. The number of hydrogen-bond acceptors (Lipinski definition) is 3. The first kappa shape index (κ1) is 11.2. The van der Waals surface area contributed by atoms with Gasteiger partial charge in [0.1, 0.15) is 0 Å². The number of carbonyl (C=O) groups is 2. The predicted octanol–water partition coefficient (Wildman–Crippen LogP) is 1.28. The standard InChI is InChI=1S/C15H16N2O2/c18-14-12-3-1-2-4-13(12)15(19)17(14)11-5-9-7-16-8-10(9)6-11/h1-4,9-11,16H,5-8H2/t9-,10+,11+. The highest BCUT2D eigenvalue weighted by molar-refractivity contribution is 6.21. The SMILES string of the molecule is O=C1c2ccccc2C(=O)N1[C@@H]1C[C@H]2CNC[C@H]2C1. The number of fused-ring (bicyclic) bond motifs is 2. The van der Waals surface area contributed by atoms with Crippen LogP contribution >= 0.6 is 0 Å². The fourth-order valence-corrected chi connectivity index (χ4v) is 3.88. The van der Waals surface area contributed by atoms with Gasteiger partial charge in [0.15, 0.2) is 0 Å². The summed E-state index contributed by atoms with van der Waals surface area (Å²) < 4.78 is 0. The minimum Gasteiger partial charge on any atom is -0.316 e. The van der Waals surface area contributed by atoms with Crippen LogP contribution in [-0.2, 0) is 0 Å². The summed E-state index contributed by atoms with van der Waals surface area (Å²) in [6.45, 7) is 2.06. The topological polar surface area (TPSA) is 49.4 Å². The molecule has 2 aliphatic heterocycles. The molecule has 1 aliphatic carbocycles. The van der Waals surface area contributed by atoms with E-state index in [1.165, 1.54) is 4.90 Å². The van der Waals surface area contributed by atoms with E-state index in [1.807, 2.05) is 12.1 Å². The number of hydrogen-bond donors (Lipinski definition) is 1. The van der Waals surface area contributed by atoms with Crippen molar-refractivity contribution in [2.75, 3.05) is 13.1 Å². The smallest absolute Gasteiger partial charge is 0.261 e. The van der Waals surface area contributed by atoms with Gasteiger partial charge in [0.25, 0.3) is 11.8 Å². The van der Waals surface area contributed by atoms with Crippen LogP contribution in [0.5, 0.6) is 0 Å². The van der Waals surface area contributed by atoms with Crippen molar-refractivity contribution < 1.29 is 9.59 Å². The summed E-state index contributed by atoms with van der Waals surface area (Å²) in [6, 6.07) is 7.26. The van der Waals surface area contributed by atoms with Gasteiger partial charge in [-0.2, -0.15) is 0 Å². The van der Waals surface area contributed by atoms with E-state index in [9.17, 15) is 9.59 Å². The first-order valence-electron chi connectivity index (χ1n) is 6.93. The molecular weight excluding hydrogens is 240 g/mol. The third kappa shape index (κ3) is 1.49. The van der Waals surface area contributed by atoms with E-state index in [2.05, 4.69) is 5.32 Å². The van der Waals surface area contributed by atoms with Crippen LogP contribution in [0.3, 0.4) is 0 Å². The van der Waals surface area contributed by atoms with Crippen molar-refractivity contribution in [3.8, 4) is 0 Å². The summed E-state index contributed by atoms with van der Waals surface area (Å²) in [4.78, 5) is 26.3. The second-order valence-electron chi connectivity index (χ2n) is 5.83. The molecule has 19 heavy (non-hydrogen) atoms. The fraction of sp³-hybridized carbons (Fsp3) is 0.467. The van der Waals surface area contributed by atoms with Gasteiger partial charge in [0.2, 0.25) is 0 Å². The van der Waals surface area contributed by atoms with Gasteiger partial charge < -0.3 is 5.32 Å². The van der Waals surface area contributed by atoms with Gasteiger partial charge in [-0.3, -0.25) is 14.5 Å².